The number of para-hydroxylation sites is 2. The molecule has 4 nitrogen and oxygen atoms in total. The van der Waals surface area contributed by atoms with Crippen LogP contribution >= 0.6 is 0 Å². The maximum Gasteiger partial charge on any atom is 0.134 e. The number of hydrogen-bond acceptors (Lipinski definition) is 3. The van der Waals surface area contributed by atoms with Crippen molar-refractivity contribution < 1.29 is 0 Å². The van der Waals surface area contributed by atoms with Gasteiger partial charge in [-0.3, -0.25) is 4.90 Å². The second-order valence-electron chi connectivity index (χ2n) is 6.13. The molecule has 0 fully saturated rings. The van der Waals surface area contributed by atoms with Gasteiger partial charge in [-0.2, -0.15) is 5.26 Å². The van der Waals surface area contributed by atoms with Crippen LogP contribution in [0.25, 0.3) is 16.6 Å². The number of imidazole rings is 1. The molecule has 1 aromatic heterocycles. The standard InChI is InChI=1S/C20H18N4/c21-13-15-5-7-16(8-6-15)14-24-11-9-17(10-12-24)20-22-18-3-1-2-4-19(18)23-20/h1-9H,10-12,14H2,(H,22,23). The lowest BCUT2D eigenvalue weighted by molar-refractivity contribution is 0.293. The van der Waals surface area contributed by atoms with Gasteiger partial charge in [-0.15, -0.1) is 0 Å². The number of benzene rings is 2. The zero-order valence-electron chi connectivity index (χ0n) is 13.4. The smallest absolute Gasteiger partial charge is 0.134 e. The van der Waals surface area contributed by atoms with Crippen LogP contribution in [0.2, 0.25) is 0 Å². The number of aromatic amines is 1. The summed E-state index contributed by atoms with van der Waals surface area (Å²) in [6, 6.07) is 18.1. The maximum absolute atomic E-state index is 8.86. The molecule has 1 aliphatic rings. The lowest BCUT2D eigenvalue weighted by Gasteiger charge is -2.25. The van der Waals surface area contributed by atoms with E-state index < -0.39 is 0 Å². The van der Waals surface area contributed by atoms with Gasteiger partial charge >= 0.3 is 0 Å². The summed E-state index contributed by atoms with van der Waals surface area (Å²) in [6.45, 7) is 2.85. The fourth-order valence-corrected chi connectivity index (χ4v) is 3.12. The van der Waals surface area contributed by atoms with Crippen LogP contribution in [0.1, 0.15) is 23.4 Å². The van der Waals surface area contributed by atoms with Crippen LogP contribution < -0.4 is 0 Å². The van der Waals surface area contributed by atoms with E-state index in [-0.39, 0.29) is 0 Å². The number of hydrogen-bond donors (Lipinski definition) is 1. The summed E-state index contributed by atoms with van der Waals surface area (Å²) in [5, 5.41) is 8.86. The number of nitrogens with one attached hydrogen (secondary N) is 1. The van der Waals surface area contributed by atoms with Gasteiger partial charge in [0.05, 0.1) is 22.7 Å². The molecule has 0 saturated carbocycles. The van der Waals surface area contributed by atoms with Gasteiger partial charge in [0.1, 0.15) is 5.82 Å². The summed E-state index contributed by atoms with van der Waals surface area (Å²) in [4.78, 5) is 10.5. The first-order valence-corrected chi connectivity index (χ1v) is 8.17. The van der Waals surface area contributed by atoms with Gasteiger partial charge in [-0.1, -0.05) is 30.3 Å². The molecule has 0 saturated heterocycles. The summed E-state index contributed by atoms with van der Waals surface area (Å²) in [5.41, 5.74) is 5.36. The first-order valence-electron chi connectivity index (χ1n) is 8.17. The van der Waals surface area contributed by atoms with E-state index in [0.29, 0.717) is 5.56 Å². The van der Waals surface area contributed by atoms with Crippen LogP contribution in [0.5, 0.6) is 0 Å². The minimum atomic E-state index is 0.712. The molecule has 118 valence electrons. The summed E-state index contributed by atoms with van der Waals surface area (Å²) >= 11 is 0. The zero-order valence-corrected chi connectivity index (χ0v) is 13.4. The minimum Gasteiger partial charge on any atom is -0.338 e. The average Bonchev–Trinajstić information content (AvgIpc) is 3.07. The van der Waals surface area contributed by atoms with Crippen LogP contribution in [0.3, 0.4) is 0 Å². The van der Waals surface area contributed by atoms with E-state index in [4.69, 9.17) is 10.2 Å². The Labute approximate surface area is 141 Å². The van der Waals surface area contributed by atoms with Crippen molar-refractivity contribution in [3.8, 4) is 6.07 Å². The molecule has 0 bridgehead atoms. The Bertz CT molecular complexity index is 895. The summed E-state index contributed by atoms with van der Waals surface area (Å²) in [7, 11) is 0. The maximum atomic E-state index is 8.86. The van der Waals surface area contributed by atoms with Crippen molar-refractivity contribution in [1.82, 2.24) is 14.9 Å². The lowest BCUT2D eigenvalue weighted by atomic mass is 10.1. The largest absolute Gasteiger partial charge is 0.338 e. The molecular formula is C20H18N4. The molecule has 4 heteroatoms. The van der Waals surface area contributed by atoms with Crippen molar-refractivity contribution in [2.75, 3.05) is 13.1 Å². The number of rotatable bonds is 3. The van der Waals surface area contributed by atoms with E-state index in [9.17, 15) is 0 Å². The molecule has 0 spiro atoms. The highest BCUT2D eigenvalue weighted by atomic mass is 15.1. The molecule has 2 aromatic carbocycles. The topological polar surface area (TPSA) is 55.7 Å². The third-order valence-electron chi connectivity index (χ3n) is 4.48. The van der Waals surface area contributed by atoms with E-state index in [1.54, 1.807) is 0 Å². The van der Waals surface area contributed by atoms with Crippen LogP contribution in [0.4, 0.5) is 0 Å². The number of nitriles is 1. The molecule has 0 unspecified atom stereocenters. The van der Waals surface area contributed by atoms with Gasteiger partial charge in [0.25, 0.3) is 0 Å². The first-order chi connectivity index (χ1) is 11.8. The van der Waals surface area contributed by atoms with Crippen LogP contribution in [-0.2, 0) is 6.54 Å². The van der Waals surface area contributed by atoms with E-state index in [1.807, 2.05) is 42.5 Å². The third kappa shape index (κ3) is 2.94. The van der Waals surface area contributed by atoms with Crippen LogP contribution in [0.15, 0.2) is 54.6 Å². The summed E-state index contributed by atoms with van der Waals surface area (Å²) in [6.07, 6.45) is 3.26. The van der Waals surface area contributed by atoms with Crippen molar-refractivity contribution in [2.45, 2.75) is 13.0 Å². The van der Waals surface area contributed by atoms with Gasteiger partial charge in [0, 0.05) is 19.6 Å². The van der Waals surface area contributed by atoms with E-state index in [2.05, 4.69) is 28.1 Å². The molecule has 0 radical (unpaired) electrons. The molecule has 1 N–H and O–H groups in total. The molecule has 1 aliphatic heterocycles. The van der Waals surface area contributed by atoms with Gasteiger partial charge in [0.15, 0.2) is 0 Å². The summed E-state index contributed by atoms with van der Waals surface area (Å²) in [5.74, 6) is 0.995. The van der Waals surface area contributed by atoms with E-state index in [1.165, 1.54) is 11.1 Å². The second-order valence-corrected chi connectivity index (χ2v) is 6.13. The Kier molecular flexibility index (Phi) is 3.86. The lowest BCUT2D eigenvalue weighted by Crippen LogP contribution is -2.28. The molecule has 4 rings (SSSR count). The SMILES string of the molecule is N#Cc1ccc(CN2CC=C(c3nc4ccccc4[nH]3)CC2)cc1. The van der Waals surface area contributed by atoms with Crippen molar-refractivity contribution in [3.05, 3.63) is 71.6 Å². The fourth-order valence-electron chi connectivity index (χ4n) is 3.12. The molecular weight excluding hydrogens is 296 g/mol. The Morgan fingerprint density at radius 2 is 1.96 bits per heavy atom. The van der Waals surface area contributed by atoms with Crippen LogP contribution in [0, 0.1) is 11.3 Å². The number of fused-ring (bicyclic) bond motifs is 1. The Balaban J connectivity index is 1.45. The highest BCUT2D eigenvalue weighted by molar-refractivity contribution is 5.78. The number of nitrogens with zero attached hydrogens (tertiary/aromatic N) is 3. The van der Waals surface area contributed by atoms with Crippen molar-refractivity contribution in [2.24, 2.45) is 0 Å². The molecule has 3 aromatic rings. The zero-order chi connectivity index (χ0) is 16.4. The number of aromatic nitrogens is 2. The normalized spacial score (nSPS) is 15.2. The van der Waals surface area contributed by atoms with E-state index in [0.717, 1.165) is 42.9 Å². The Morgan fingerprint density at radius 3 is 2.67 bits per heavy atom. The highest BCUT2D eigenvalue weighted by Crippen LogP contribution is 2.23. The predicted molar refractivity (Wildman–Crippen MR) is 95.1 cm³/mol. The Morgan fingerprint density at radius 1 is 1.12 bits per heavy atom. The van der Waals surface area contributed by atoms with Gasteiger partial charge in [-0.05, 0) is 41.8 Å². The molecule has 2 heterocycles. The van der Waals surface area contributed by atoms with Crippen molar-refractivity contribution in [1.29, 1.82) is 5.26 Å². The third-order valence-corrected chi connectivity index (χ3v) is 4.48. The van der Waals surface area contributed by atoms with Gasteiger partial charge in [0.2, 0.25) is 0 Å². The molecule has 24 heavy (non-hydrogen) atoms. The van der Waals surface area contributed by atoms with Crippen molar-refractivity contribution in [3.63, 3.8) is 0 Å². The Hall–Kier alpha value is -2.90. The van der Waals surface area contributed by atoms with Crippen molar-refractivity contribution >= 4 is 16.6 Å². The number of H-pyrrole nitrogens is 1. The molecule has 0 aliphatic carbocycles. The monoisotopic (exact) mass is 314 g/mol. The molecule has 0 atom stereocenters. The van der Waals surface area contributed by atoms with Gasteiger partial charge in [-0.25, -0.2) is 4.98 Å². The van der Waals surface area contributed by atoms with Crippen LogP contribution in [-0.4, -0.2) is 28.0 Å². The fraction of sp³-hybridized carbons (Fsp3) is 0.200. The summed E-state index contributed by atoms with van der Waals surface area (Å²) < 4.78 is 0. The van der Waals surface area contributed by atoms with E-state index >= 15 is 0 Å². The second kappa shape index (κ2) is 6.31. The average molecular weight is 314 g/mol. The predicted octanol–water partition coefficient (Wildman–Crippen LogP) is 3.72. The highest BCUT2D eigenvalue weighted by Gasteiger charge is 2.15. The quantitative estimate of drug-likeness (QED) is 0.801. The van der Waals surface area contributed by atoms with Gasteiger partial charge < -0.3 is 4.98 Å². The minimum absolute atomic E-state index is 0.712. The molecule has 0 amide bonds. The first kappa shape index (κ1) is 14.7.